The summed E-state index contributed by atoms with van der Waals surface area (Å²) in [6, 6.07) is 7.68. The maximum atomic E-state index is 12.1. The van der Waals surface area contributed by atoms with Gasteiger partial charge in [0, 0.05) is 12.1 Å². The van der Waals surface area contributed by atoms with Gasteiger partial charge in [-0.3, -0.25) is 19.7 Å². The van der Waals surface area contributed by atoms with Gasteiger partial charge in [0.05, 0.1) is 10.5 Å². The van der Waals surface area contributed by atoms with Crippen LogP contribution in [0.25, 0.3) is 0 Å². The summed E-state index contributed by atoms with van der Waals surface area (Å²) < 4.78 is 5.23. The van der Waals surface area contributed by atoms with Crippen LogP contribution in [-0.2, 0) is 4.79 Å². The van der Waals surface area contributed by atoms with E-state index in [0.29, 0.717) is 10.6 Å². The fraction of sp³-hybridized carbons (Fsp3) is 0.250. The predicted octanol–water partition coefficient (Wildman–Crippen LogP) is 2.57. The fourth-order valence-electron chi connectivity index (χ4n) is 2.11. The molecule has 0 radical (unpaired) electrons. The Balaban J connectivity index is 1.59. The number of hydrogen-bond acceptors (Lipinski definition) is 6. The van der Waals surface area contributed by atoms with E-state index < -0.39 is 17.4 Å². The molecule has 2 aromatic rings. The van der Waals surface area contributed by atoms with Crippen LogP contribution in [0.2, 0.25) is 0 Å². The van der Waals surface area contributed by atoms with E-state index in [0.717, 1.165) is 12.8 Å². The number of thiophene rings is 1. The number of nitrogens with one attached hydrogen (secondary N) is 2. The molecular formula is C16H15N3O5S. The molecule has 2 amide bonds. The van der Waals surface area contributed by atoms with Crippen molar-refractivity contribution in [3.63, 3.8) is 0 Å². The van der Waals surface area contributed by atoms with Gasteiger partial charge in [-0.25, -0.2) is 0 Å². The summed E-state index contributed by atoms with van der Waals surface area (Å²) >= 11 is 1.23. The first-order chi connectivity index (χ1) is 12.0. The first kappa shape index (κ1) is 16.9. The number of benzene rings is 1. The fourth-order valence-corrected chi connectivity index (χ4v) is 2.91. The third-order valence-corrected chi connectivity index (χ3v) is 4.33. The molecule has 2 N–H and O–H groups in total. The monoisotopic (exact) mass is 361 g/mol. The van der Waals surface area contributed by atoms with Gasteiger partial charge in [0.15, 0.2) is 12.4 Å². The van der Waals surface area contributed by atoms with Crippen molar-refractivity contribution in [3.05, 3.63) is 51.4 Å². The average molecular weight is 361 g/mol. The number of nitro benzene ring substituents is 1. The molecule has 9 heteroatoms. The van der Waals surface area contributed by atoms with Crippen LogP contribution in [0.4, 0.5) is 10.7 Å². The van der Waals surface area contributed by atoms with E-state index in [2.05, 4.69) is 10.6 Å². The number of ether oxygens (including phenoxy) is 1. The first-order valence-electron chi connectivity index (χ1n) is 7.59. The van der Waals surface area contributed by atoms with Crippen LogP contribution >= 0.6 is 11.3 Å². The van der Waals surface area contributed by atoms with Gasteiger partial charge in [0.1, 0.15) is 5.00 Å². The van der Waals surface area contributed by atoms with Crippen molar-refractivity contribution in [3.8, 4) is 5.75 Å². The minimum absolute atomic E-state index is 0.0144. The third kappa shape index (κ3) is 4.32. The van der Waals surface area contributed by atoms with Crippen molar-refractivity contribution in [1.29, 1.82) is 0 Å². The molecule has 1 aliphatic rings. The summed E-state index contributed by atoms with van der Waals surface area (Å²) in [5, 5.41) is 18.5. The molecule has 0 bridgehead atoms. The van der Waals surface area contributed by atoms with Gasteiger partial charge in [-0.2, -0.15) is 0 Å². The van der Waals surface area contributed by atoms with E-state index in [1.165, 1.54) is 29.5 Å². The summed E-state index contributed by atoms with van der Waals surface area (Å²) in [6.07, 6.45) is 1.95. The second-order valence-electron chi connectivity index (χ2n) is 5.47. The molecule has 1 saturated carbocycles. The largest absolute Gasteiger partial charge is 0.477 e. The second-order valence-corrected chi connectivity index (χ2v) is 6.39. The predicted molar refractivity (Wildman–Crippen MR) is 92.0 cm³/mol. The van der Waals surface area contributed by atoms with Crippen molar-refractivity contribution in [2.24, 2.45) is 0 Å². The van der Waals surface area contributed by atoms with Crippen molar-refractivity contribution in [1.82, 2.24) is 5.32 Å². The maximum Gasteiger partial charge on any atom is 0.310 e. The highest BCUT2D eigenvalue weighted by Gasteiger charge is 2.25. The van der Waals surface area contributed by atoms with Crippen molar-refractivity contribution >= 4 is 33.8 Å². The number of amides is 2. The van der Waals surface area contributed by atoms with Crippen LogP contribution in [0, 0.1) is 10.1 Å². The summed E-state index contributed by atoms with van der Waals surface area (Å²) in [5.74, 6) is -0.708. The molecule has 1 aliphatic carbocycles. The minimum atomic E-state index is -0.577. The molecule has 3 rings (SSSR count). The Morgan fingerprint density at radius 3 is 2.76 bits per heavy atom. The zero-order valence-electron chi connectivity index (χ0n) is 13.1. The molecular weight excluding hydrogens is 346 g/mol. The molecule has 130 valence electrons. The molecule has 1 heterocycles. The summed E-state index contributed by atoms with van der Waals surface area (Å²) in [5.41, 5.74) is 0.187. The molecule has 0 spiro atoms. The van der Waals surface area contributed by atoms with E-state index in [4.69, 9.17) is 4.74 Å². The number of rotatable bonds is 7. The highest BCUT2D eigenvalue weighted by atomic mass is 32.1. The molecule has 1 fully saturated rings. The summed E-state index contributed by atoms with van der Waals surface area (Å²) in [6.45, 7) is -0.396. The van der Waals surface area contributed by atoms with Gasteiger partial charge in [0.25, 0.3) is 11.8 Å². The lowest BCUT2D eigenvalue weighted by atomic mass is 10.3. The number of para-hydroxylation sites is 2. The van der Waals surface area contributed by atoms with Gasteiger partial charge in [-0.15, -0.1) is 11.3 Å². The van der Waals surface area contributed by atoms with E-state index >= 15 is 0 Å². The van der Waals surface area contributed by atoms with Crippen LogP contribution in [0.1, 0.15) is 23.2 Å². The first-order valence-corrected chi connectivity index (χ1v) is 8.47. The molecule has 0 aliphatic heterocycles. The molecule has 1 aromatic heterocycles. The molecule has 8 nitrogen and oxygen atoms in total. The maximum absolute atomic E-state index is 12.1. The number of nitrogens with zero attached hydrogens (tertiary/aromatic N) is 1. The van der Waals surface area contributed by atoms with Crippen LogP contribution in [0.15, 0.2) is 35.7 Å². The second kappa shape index (κ2) is 7.31. The number of nitro groups is 1. The van der Waals surface area contributed by atoms with Crippen LogP contribution in [0.5, 0.6) is 5.75 Å². The topological polar surface area (TPSA) is 111 Å². The Morgan fingerprint density at radius 1 is 1.28 bits per heavy atom. The third-order valence-electron chi connectivity index (χ3n) is 3.50. The molecule has 0 saturated heterocycles. The van der Waals surface area contributed by atoms with Gasteiger partial charge in [-0.1, -0.05) is 12.1 Å². The smallest absolute Gasteiger partial charge is 0.310 e. The van der Waals surface area contributed by atoms with E-state index in [9.17, 15) is 19.7 Å². The zero-order valence-corrected chi connectivity index (χ0v) is 13.9. The van der Waals surface area contributed by atoms with Crippen LogP contribution in [-0.4, -0.2) is 29.4 Å². The van der Waals surface area contributed by atoms with Crippen molar-refractivity contribution < 1.29 is 19.2 Å². The average Bonchev–Trinajstić information content (AvgIpc) is 3.28. The molecule has 25 heavy (non-hydrogen) atoms. The Hall–Kier alpha value is -2.94. The van der Waals surface area contributed by atoms with Crippen LogP contribution in [0.3, 0.4) is 0 Å². The summed E-state index contributed by atoms with van der Waals surface area (Å²) in [7, 11) is 0. The van der Waals surface area contributed by atoms with E-state index in [1.807, 2.05) is 0 Å². The zero-order chi connectivity index (χ0) is 17.8. The Labute approximate surface area is 147 Å². The van der Waals surface area contributed by atoms with Gasteiger partial charge in [0.2, 0.25) is 0 Å². The Kier molecular flexibility index (Phi) is 4.94. The lowest BCUT2D eigenvalue weighted by Gasteiger charge is -2.08. The van der Waals surface area contributed by atoms with Crippen LogP contribution < -0.4 is 15.4 Å². The number of carbonyl (C=O) groups excluding carboxylic acids is 2. The van der Waals surface area contributed by atoms with E-state index in [1.54, 1.807) is 17.5 Å². The number of carbonyl (C=O) groups is 2. The molecule has 1 aromatic carbocycles. The Morgan fingerprint density at radius 2 is 2.04 bits per heavy atom. The Bertz CT molecular complexity index is 816. The standard InChI is InChI=1S/C16H15N3O5S/c20-14(9-24-13-4-2-1-3-12(13)19(22)23)18-16-11(7-8-25-16)15(21)17-10-5-6-10/h1-4,7-8,10H,5-6,9H2,(H,17,21)(H,18,20). The molecule has 0 unspecified atom stereocenters. The minimum Gasteiger partial charge on any atom is -0.477 e. The lowest BCUT2D eigenvalue weighted by Crippen LogP contribution is -2.27. The lowest BCUT2D eigenvalue weighted by molar-refractivity contribution is -0.385. The highest BCUT2D eigenvalue weighted by Crippen LogP contribution is 2.27. The highest BCUT2D eigenvalue weighted by molar-refractivity contribution is 7.14. The quantitative estimate of drug-likeness (QED) is 0.582. The normalized spacial score (nSPS) is 13.1. The van der Waals surface area contributed by atoms with Crippen molar-refractivity contribution in [2.75, 3.05) is 11.9 Å². The summed E-state index contributed by atoms with van der Waals surface area (Å²) in [4.78, 5) is 34.5. The van der Waals surface area contributed by atoms with Crippen molar-refractivity contribution in [2.45, 2.75) is 18.9 Å². The number of hydrogen-bond donors (Lipinski definition) is 2. The van der Waals surface area contributed by atoms with E-state index in [-0.39, 0.29) is 23.4 Å². The molecule has 0 atom stereocenters. The SMILES string of the molecule is O=C(COc1ccccc1[N+](=O)[O-])Nc1sccc1C(=O)NC1CC1. The van der Waals surface area contributed by atoms with Gasteiger partial charge >= 0.3 is 5.69 Å². The van der Waals surface area contributed by atoms with Gasteiger partial charge < -0.3 is 15.4 Å². The number of anilines is 1. The van der Waals surface area contributed by atoms with Gasteiger partial charge in [-0.05, 0) is 30.4 Å².